The Kier molecular flexibility index (Phi) is 8.45. The second kappa shape index (κ2) is 12.3. The molecule has 0 heterocycles. The van der Waals surface area contributed by atoms with Crippen LogP contribution in [0.1, 0.15) is 27.0 Å². The summed E-state index contributed by atoms with van der Waals surface area (Å²) in [7, 11) is 0. The molecule has 1 amide bonds. The number of nitrogens with zero attached hydrogens (tertiary/aromatic N) is 2. The summed E-state index contributed by atoms with van der Waals surface area (Å²) in [5.41, 5.74) is 5.89. The van der Waals surface area contributed by atoms with Crippen molar-refractivity contribution in [3.8, 4) is 5.75 Å². The Morgan fingerprint density at radius 1 is 0.889 bits per heavy atom. The van der Waals surface area contributed by atoms with E-state index in [4.69, 9.17) is 4.74 Å². The monoisotopic (exact) mass is 497 g/mol. The SMILES string of the molecule is O=C(N/N=C/c1ccc(OCc2ccc([N+](=O)[O-])cc2)cc1)c1ccc(CSc2ccccc2)cc1. The number of nitro groups is 1. The van der Waals surface area contributed by atoms with Gasteiger partial charge in [0.25, 0.3) is 11.6 Å². The second-order valence-corrected chi connectivity index (χ2v) is 8.83. The highest BCUT2D eigenvalue weighted by Gasteiger charge is 2.06. The molecule has 0 bridgehead atoms. The largest absolute Gasteiger partial charge is 0.489 e. The number of thioether (sulfide) groups is 1. The Labute approximate surface area is 213 Å². The van der Waals surface area contributed by atoms with Crippen molar-refractivity contribution in [2.45, 2.75) is 17.3 Å². The van der Waals surface area contributed by atoms with Gasteiger partial charge in [-0.05, 0) is 77.4 Å². The first-order chi connectivity index (χ1) is 17.6. The smallest absolute Gasteiger partial charge is 0.271 e. The quantitative estimate of drug-likeness (QED) is 0.121. The molecule has 4 rings (SSSR count). The number of hydrazone groups is 1. The molecule has 0 saturated carbocycles. The zero-order valence-corrected chi connectivity index (χ0v) is 20.1. The highest BCUT2D eigenvalue weighted by Crippen LogP contribution is 2.22. The molecule has 0 aliphatic carbocycles. The van der Waals surface area contributed by atoms with Crippen molar-refractivity contribution in [1.29, 1.82) is 0 Å². The van der Waals surface area contributed by atoms with Crippen molar-refractivity contribution in [3.63, 3.8) is 0 Å². The summed E-state index contributed by atoms with van der Waals surface area (Å²) in [4.78, 5) is 23.9. The fourth-order valence-corrected chi connectivity index (χ4v) is 4.07. The molecule has 0 saturated heterocycles. The number of carbonyl (C=O) groups is 1. The van der Waals surface area contributed by atoms with E-state index in [0.29, 0.717) is 17.9 Å². The minimum absolute atomic E-state index is 0.0458. The number of nitro benzene ring substituents is 1. The van der Waals surface area contributed by atoms with Gasteiger partial charge in [-0.15, -0.1) is 11.8 Å². The lowest BCUT2D eigenvalue weighted by molar-refractivity contribution is -0.384. The summed E-state index contributed by atoms with van der Waals surface area (Å²) in [6.45, 7) is 0.297. The summed E-state index contributed by atoms with van der Waals surface area (Å²) in [6, 6.07) is 31.1. The first-order valence-corrected chi connectivity index (χ1v) is 12.1. The lowest BCUT2D eigenvalue weighted by Crippen LogP contribution is -2.17. The number of nitrogens with one attached hydrogen (secondary N) is 1. The van der Waals surface area contributed by atoms with Gasteiger partial charge in [0.2, 0.25) is 0 Å². The van der Waals surface area contributed by atoms with E-state index in [1.165, 1.54) is 17.0 Å². The van der Waals surface area contributed by atoms with Gasteiger partial charge in [-0.25, -0.2) is 5.43 Å². The first-order valence-electron chi connectivity index (χ1n) is 11.1. The van der Waals surface area contributed by atoms with Crippen LogP contribution >= 0.6 is 11.8 Å². The van der Waals surface area contributed by atoms with Crippen LogP contribution in [0.2, 0.25) is 0 Å². The summed E-state index contributed by atoms with van der Waals surface area (Å²) < 4.78 is 5.71. The number of hydrogen-bond acceptors (Lipinski definition) is 6. The maximum absolute atomic E-state index is 12.4. The van der Waals surface area contributed by atoms with Crippen LogP contribution in [0.5, 0.6) is 5.75 Å². The third-order valence-corrected chi connectivity index (χ3v) is 6.26. The van der Waals surface area contributed by atoms with Crippen molar-refractivity contribution in [2.24, 2.45) is 5.10 Å². The summed E-state index contributed by atoms with van der Waals surface area (Å²) in [5.74, 6) is 1.20. The van der Waals surface area contributed by atoms with Gasteiger partial charge in [0.15, 0.2) is 0 Å². The summed E-state index contributed by atoms with van der Waals surface area (Å²) in [5, 5.41) is 14.8. The van der Waals surface area contributed by atoms with Gasteiger partial charge in [-0.1, -0.05) is 30.3 Å². The van der Waals surface area contributed by atoms with E-state index in [1.54, 1.807) is 54.4 Å². The molecular formula is C28H23N3O4S. The van der Waals surface area contributed by atoms with Gasteiger partial charge >= 0.3 is 0 Å². The molecule has 4 aromatic carbocycles. The zero-order chi connectivity index (χ0) is 25.2. The van der Waals surface area contributed by atoms with Crippen molar-refractivity contribution in [1.82, 2.24) is 5.43 Å². The number of benzene rings is 4. The van der Waals surface area contributed by atoms with Crippen LogP contribution in [0.3, 0.4) is 0 Å². The first kappa shape index (κ1) is 24.7. The molecular weight excluding hydrogens is 474 g/mol. The van der Waals surface area contributed by atoms with Crippen LogP contribution in [0.25, 0.3) is 0 Å². The predicted octanol–water partition coefficient (Wildman–Crippen LogP) is 6.23. The van der Waals surface area contributed by atoms with E-state index in [9.17, 15) is 14.9 Å². The molecule has 0 aromatic heterocycles. The molecule has 8 heteroatoms. The number of rotatable bonds is 10. The molecule has 0 spiro atoms. The zero-order valence-electron chi connectivity index (χ0n) is 19.2. The van der Waals surface area contributed by atoms with Crippen LogP contribution in [0.4, 0.5) is 5.69 Å². The fraction of sp³-hybridized carbons (Fsp3) is 0.0714. The van der Waals surface area contributed by atoms with Crippen LogP contribution in [-0.2, 0) is 12.4 Å². The molecule has 180 valence electrons. The lowest BCUT2D eigenvalue weighted by Gasteiger charge is -2.06. The topological polar surface area (TPSA) is 93.8 Å². The molecule has 0 fully saturated rings. The Bertz CT molecular complexity index is 1320. The van der Waals surface area contributed by atoms with Gasteiger partial charge in [0.05, 0.1) is 11.1 Å². The number of carbonyl (C=O) groups excluding carboxylic acids is 1. The van der Waals surface area contributed by atoms with Crippen molar-refractivity contribution < 1.29 is 14.5 Å². The van der Waals surface area contributed by atoms with E-state index < -0.39 is 4.92 Å². The highest BCUT2D eigenvalue weighted by atomic mass is 32.2. The maximum atomic E-state index is 12.4. The molecule has 0 radical (unpaired) electrons. The van der Waals surface area contributed by atoms with E-state index in [2.05, 4.69) is 22.7 Å². The molecule has 0 aliphatic heterocycles. The van der Waals surface area contributed by atoms with E-state index >= 15 is 0 Å². The van der Waals surface area contributed by atoms with Gasteiger partial charge in [-0.3, -0.25) is 14.9 Å². The number of hydrogen-bond donors (Lipinski definition) is 1. The third-order valence-electron chi connectivity index (χ3n) is 5.18. The number of non-ortho nitro benzene ring substituents is 1. The normalized spacial score (nSPS) is 10.8. The van der Waals surface area contributed by atoms with Gasteiger partial charge in [-0.2, -0.15) is 5.10 Å². The average molecular weight is 498 g/mol. The molecule has 4 aromatic rings. The third kappa shape index (κ3) is 7.28. The second-order valence-electron chi connectivity index (χ2n) is 7.78. The van der Waals surface area contributed by atoms with Crippen molar-refractivity contribution in [2.75, 3.05) is 0 Å². The molecule has 7 nitrogen and oxygen atoms in total. The summed E-state index contributed by atoms with van der Waals surface area (Å²) >= 11 is 1.75. The van der Waals surface area contributed by atoms with Gasteiger partial charge in [0.1, 0.15) is 12.4 Å². The Morgan fingerprint density at radius 3 is 2.22 bits per heavy atom. The minimum atomic E-state index is -0.434. The van der Waals surface area contributed by atoms with Crippen LogP contribution in [0, 0.1) is 10.1 Å². The van der Waals surface area contributed by atoms with E-state index in [0.717, 1.165) is 22.4 Å². The van der Waals surface area contributed by atoms with Gasteiger partial charge in [0, 0.05) is 28.3 Å². The van der Waals surface area contributed by atoms with Crippen LogP contribution in [-0.4, -0.2) is 17.0 Å². The van der Waals surface area contributed by atoms with Crippen molar-refractivity contribution >= 4 is 29.6 Å². The van der Waals surface area contributed by atoms with E-state index in [-0.39, 0.29) is 11.6 Å². The average Bonchev–Trinajstić information content (AvgIpc) is 2.92. The molecule has 0 atom stereocenters. The molecule has 1 N–H and O–H groups in total. The van der Waals surface area contributed by atoms with Gasteiger partial charge < -0.3 is 4.74 Å². The van der Waals surface area contributed by atoms with Crippen LogP contribution in [0.15, 0.2) is 113 Å². The molecule has 36 heavy (non-hydrogen) atoms. The predicted molar refractivity (Wildman–Crippen MR) is 141 cm³/mol. The number of ether oxygens (including phenoxy) is 1. The standard InChI is InChI=1S/C28H23N3O4S/c32-28(24-12-6-23(7-13-24)20-36-27-4-2-1-3-5-27)30-29-18-21-10-16-26(17-11-21)35-19-22-8-14-25(15-9-22)31(33)34/h1-18H,19-20H2,(H,30,32)/b29-18+. The lowest BCUT2D eigenvalue weighted by atomic mass is 10.1. The maximum Gasteiger partial charge on any atom is 0.271 e. The highest BCUT2D eigenvalue weighted by molar-refractivity contribution is 7.98. The fourth-order valence-electron chi connectivity index (χ4n) is 3.20. The molecule has 0 unspecified atom stereocenters. The Morgan fingerprint density at radius 2 is 1.56 bits per heavy atom. The Hall–Kier alpha value is -4.43. The molecule has 0 aliphatic rings. The Balaban J connectivity index is 1.22. The van der Waals surface area contributed by atoms with Crippen LogP contribution < -0.4 is 10.2 Å². The summed E-state index contributed by atoms with van der Waals surface area (Å²) in [6.07, 6.45) is 1.56. The minimum Gasteiger partial charge on any atom is -0.489 e. The van der Waals surface area contributed by atoms with E-state index in [1.807, 2.05) is 42.5 Å². The number of amides is 1. The van der Waals surface area contributed by atoms with Crippen molar-refractivity contribution in [3.05, 3.63) is 135 Å².